The van der Waals surface area contributed by atoms with Crippen molar-refractivity contribution >= 4 is 5.84 Å². The summed E-state index contributed by atoms with van der Waals surface area (Å²) in [7, 11) is 0. The van der Waals surface area contributed by atoms with Crippen LogP contribution >= 0.6 is 0 Å². The first-order valence-corrected chi connectivity index (χ1v) is 7.71. The normalized spacial score (nSPS) is 16.8. The van der Waals surface area contributed by atoms with Crippen molar-refractivity contribution in [3.05, 3.63) is 29.8 Å². The molecule has 5 nitrogen and oxygen atoms in total. The van der Waals surface area contributed by atoms with Crippen molar-refractivity contribution < 1.29 is 4.74 Å². The zero-order chi connectivity index (χ0) is 15.1. The van der Waals surface area contributed by atoms with Gasteiger partial charge in [-0.15, -0.1) is 0 Å². The molecule has 0 aromatic heterocycles. The zero-order valence-electron chi connectivity index (χ0n) is 12.8. The molecule has 1 saturated heterocycles. The number of amidine groups is 1. The summed E-state index contributed by atoms with van der Waals surface area (Å²) in [6.07, 6.45) is 1.24. The van der Waals surface area contributed by atoms with Crippen molar-refractivity contribution in [2.24, 2.45) is 5.73 Å². The molecular formula is C16H26N4O. The van der Waals surface area contributed by atoms with Crippen LogP contribution in [-0.2, 0) is 0 Å². The maximum atomic E-state index is 7.35. The van der Waals surface area contributed by atoms with Crippen molar-refractivity contribution in [2.75, 3.05) is 45.9 Å². The Hall–Kier alpha value is -1.59. The molecule has 1 aromatic carbocycles. The molecule has 1 aromatic rings. The summed E-state index contributed by atoms with van der Waals surface area (Å²) in [5, 5.41) is 7.35. The fraction of sp³-hybridized carbons (Fsp3) is 0.562. The zero-order valence-corrected chi connectivity index (χ0v) is 12.8. The smallest absolute Gasteiger partial charge is 0.122 e. The lowest BCUT2D eigenvalue weighted by Gasteiger charge is -2.34. The largest absolute Gasteiger partial charge is 0.492 e. The Balaban J connectivity index is 1.67. The van der Waals surface area contributed by atoms with Gasteiger partial charge >= 0.3 is 0 Å². The van der Waals surface area contributed by atoms with Gasteiger partial charge in [-0.05, 0) is 37.2 Å². The van der Waals surface area contributed by atoms with Crippen LogP contribution in [0, 0.1) is 5.41 Å². The van der Waals surface area contributed by atoms with Crippen LogP contribution in [0.15, 0.2) is 24.3 Å². The molecule has 5 heteroatoms. The summed E-state index contributed by atoms with van der Waals surface area (Å²) in [5.41, 5.74) is 6.16. The van der Waals surface area contributed by atoms with E-state index in [9.17, 15) is 0 Å². The summed E-state index contributed by atoms with van der Waals surface area (Å²) in [4.78, 5) is 4.98. The average molecular weight is 290 g/mol. The van der Waals surface area contributed by atoms with Gasteiger partial charge in [-0.25, -0.2) is 0 Å². The molecule has 0 unspecified atom stereocenters. The van der Waals surface area contributed by atoms with E-state index in [2.05, 4.69) is 16.7 Å². The van der Waals surface area contributed by atoms with Gasteiger partial charge in [0.1, 0.15) is 18.2 Å². The van der Waals surface area contributed by atoms with E-state index in [-0.39, 0.29) is 5.84 Å². The first kappa shape index (κ1) is 15.8. The van der Waals surface area contributed by atoms with Gasteiger partial charge in [-0.1, -0.05) is 6.92 Å². The van der Waals surface area contributed by atoms with Gasteiger partial charge in [0, 0.05) is 38.3 Å². The van der Waals surface area contributed by atoms with Crippen LogP contribution in [0.3, 0.4) is 0 Å². The van der Waals surface area contributed by atoms with E-state index < -0.39 is 0 Å². The fourth-order valence-electron chi connectivity index (χ4n) is 2.58. The second-order valence-electron chi connectivity index (χ2n) is 5.47. The standard InChI is InChI=1S/C16H26N4O/c1-2-7-19-8-10-20(11-9-19)12-13-21-15-5-3-14(4-6-15)16(17)18/h3-6H,2,7-13H2,1H3,(H3,17,18). The van der Waals surface area contributed by atoms with E-state index in [0.717, 1.165) is 30.9 Å². The number of piperazine rings is 1. The summed E-state index contributed by atoms with van der Waals surface area (Å²) >= 11 is 0. The third kappa shape index (κ3) is 5.02. The van der Waals surface area contributed by atoms with E-state index in [1.807, 2.05) is 24.3 Å². The summed E-state index contributed by atoms with van der Waals surface area (Å²) in [6, 6.07) is 7.38. The van der Waals surface area contributed by atoms with Gasteiger partial charge < -0.3 is 15.4 Å². The second-order valence-corrected chi connectivity index (χ2v) is 5.47. The highest BCUT2D eigenvalue weighted by molar-refractivity contribution is 5.94. The van der Waals surface area contributed by atoms with Crippen LogP contribution in [-0.4, -0.2) is 61.5 Å². The lowest BCUT2D eigenvalue weighted by molar-refractivity contribution is 0.117. The minimum Gasteiger partial charge on any atom is -0.492 e. The number of nitrogens with two attached hydrogens (primary N) is 1. The van der Waals surface area contributed by atoms with E-state index >= 15 is 0 Å². The Bertz CT molecular complexity index is 438. The first-order valence-electron chi connectivity index (χ1n) is 7.71. The van der Waals surface area contributed by atoms with Crippen LogP contribution in [0.1, 0.15) is 18.9 Å². The van der Waals surface area contributed by atoms with Crippen molar-refractivity contribution in [3.8, 4) is 5.75 Å². The molecule has 116 valence electrons. The van der Waals surface area contributed by atoms with Crippen LogP contribution in [0.25, 0.3) is 0 Å². The van der Waals surface area contributed by atoms with Gasteiger partial charge in [0.25, 0.3) is 0 Å². The number of nitrogens with zero attached hydrogens (tertiary/aromatic N) is 2. The predicted octanol–water partition coefficient (Wildman–Crippen LogP) is 1.38. The van der Waals surface area contributed by atoms with Crippen LogP contribution in [0.2, 0.25) is 0 Å². The van der Waals surface area contributed by atoms with Gasteiger partial charge in [0.05, 0.1) is 0 Å². The SMILES string of the molecule is CCCN1CCN(CCOc2ccc(C(=N)N)cc2)CC1. The summed E-state index contributed by atoms with van der Waals surface area (Å²) in [5.74, 6) is 0.927. The average Bonchev–Trinajstić information content (AvgIpc) is 2.50. The maximum Gasteiger partial charge on any atom is 0.122 e. The van der Waals surface area contributed by atoms with Gasteiger partial charge in [0.2, 0.25) is 0 Å². The fourth-order valence-corrected chi connectivity index (χ4v) is 2.58. The molecule has 1 aliphatic rings. The highest BCUT2D eigenvalue weighted by Crippen LogP contribution is 2.12. The monoisotopic (exact) mass is 290 g/mol. The van der Waals surface area contributed by atoms with Gasteiger partial charge in [0.15, 0.2) is 0 Å². The molecule has 1 heterocycles. The van der Waals surface area contributed by atoms with E-state index in [4.69, 9.17) is 15.9 Å². The molecule has 0 radical (unpaired) electrons. The molecule has 0 atom stereocenters. The van der Waals surface area contributed by atoms with Crippen molar-refractivity contribution in [3.63, 3.8) is 0 Å². The lowest BCUT2D eigenvalue weighted by Crippen LogP contribution is -2.47. The topological polar surface area (TPSA) is 65.6 Å². The number of benzene rings is 1. The quantitative estimate of drug-likeness (QED) is 0.588. The summed E-state index contributed by atoms with van der Waals surface area (Å²) in [6.45, 7) is 9.72. The molecule has 0 saturated carbocycles. The predicted molar refractivity (Wildman–Crippen MR) is 86.1 cm³/mol. The Morgan fingerprint density at radius 3 is 2.19 bits per heavy atom. The first-order chi connectivity index (χ1) is 10.2. The minimum absolute atomic E-state index is 0.0894. The minimum atomic E-state index is 0.0894. The molecule has 2 rings (SSSR count). The lowest BCUT2D eigenvalue weighted by atomic mass is 10.2. The third-order valence-electron chi connectivity index (χ3n) is 3.85. The molecule has 0 amide bonds. The molecule has 1 fully saturated rings. The van der Waals surface area contributed by atoms with E-state index in [0.29, 0.717) is 6.61 Å². The van der Waals surface area contributed by atoms with Crippen LogP contribution in [0.5, 0.6) is 5.75 Å². The number of hydrogen-bond donors (Lipinski definition) is 2. The highest BCUT2D eigenvalue weighted by Gasteiger charge is 2.15. The van der Waals surface area contributed by atoms with Crippen LogP contribution < -0.4 is 10.5 Å². The van der Waals surface area contributed by atoms with E-state index in [1.54, 1.807) is 0 Å². The molecule has 21 heavy (non-hydrogen) atoms. The van der Waals surface area contributed by atoms with Crippen molar-refractivity contribution in [1.82, 2.24) is 9.80 Å². The summed E-state index contributed by atoms with van der Waals surface area (Å²) < 4.78 is 5.75. The van der Waals surface area contributed by atoms with Crippen molar-refractivity contribution in [2.45, 2.75) is 13.3 Å². The molecule has 0 spiro atoms. The number of nitrogen functional groups attached to an aromatic ring is 1. The molecule has 0 aliphatic carbocycles. The number of ether oxygens (including phenoxy) is 1. The molecular weight excluding hydrogens is 264 g/mol. The highest BCUT2D eigenvalue weighted by atomic mass is 16.5. The Morgan fingerprint density at radius 1 is 1.10 bits per heavy atom. The molecule has 3 N–H and O–H groups in total. The molecule has 1 aliphatic heterocycles. The van der Waals surface area contributed by atoms with Gasteiger partial charge in [-0.2, -0.15) is 0 Å². The Labute approximate surface area is 127 Å². The van der Waals surface area contributed by atoms with Crippen LogP contribution in [0.4, 0.5) is 0 Å². The number of rotatable bonds is 7. The maximum absolute atomic E-state index is 7.35. The Morgan fingerprint density at radius 2 is 1.67 bits per heavy atom. The number of hydrogen-bond acceptors (Lipinski definition) is 4. The van der Waals surface area contributed by atoms with E-state index in [1.165, 1.54) is 26.1 Å². The third-order valence-corrected chi connectivity index (χ3v) is 3.85. The Kier molecular flexibility index (Phi) is 6.02. The number of nitrogens with one attached hydrogen (secondary N) is 1. The second kappa shape index (κ2) is 8.00. The van der Waals surface area contributed by atoms with Crippen molar-refractivity contribution in [1.29, 1.82) is 5.41 Å². The van der Waals surface area contributed by atoms with Gasteiger partial charge in [-0.3, -0.25) is 10.3 Å². The molecule has 0 bridgehead atoms.